The molecule has 2 aromatic heterocycles. The number of nitrogens with zero attached hydrogens (tertiary/aromatic N) is 2. The van der Waals surface area contributed by atoms with Crippen molar-refractivity contribution >= 4 is 12.1 Å². The van der Waals surface area contributed by atoms with Gasteiger partial charge in [0.15, 0.2) is 0 Å². The van der Waals surface area contributed by atoms with Gasteiger partial charge in [0.1, 0.15) is 34.9 Å². The minimum absolute atomic E-state index is 0.0617. The summed E-state index contributed by atoms with van der Waals surface area (Å²) < 4.78 is 23.5. The summed E-state index contributed by atoms with van der Waals surface area (Å²) in [4.78, 5) is 42.7. The summed E-state index contributed by atoms with van der Waals surface area (Å²) in [5.74, 6) is -1.17. The number of hydrogen-bond donors (Lipinski definition) is 2. The molecule has 5 rings (SSSR count). The van der Waals surface area contributed by atoms with Crippen LogP contribution in [0.25, 0.3) is 11.3 Å². The predicted octanol–water partition coefficient (Wildman–Crippen LogP) is 3.90. The highest BCUT2D eigenvalue weighted by Gasteiger charge is 2.58. The van der Waals surface area contributed by atoms with Gasteiger partial charge in [-0.25, -0.2) is 14.4 Å². The predicted molar refractivity (Wildman–Crippen MR) is 144 cm³/mol. The summed E-state index contributed by atoms with van der Waals surface area (Å²) in [5, 5.41) is 23.2. The Kier molecular flexibility index (Phi) is 7.77. The Morgan fingerprint density at radius 1 is 1.22 bits per heavy atom. The third-order valence-corrected chi connectivity index (χ3v) is 7.56. The van der Waals surface area contributed by atoms with E-state index in [4.69, 9.17) is 23.9 Å². The topological polar surface area (TPSA) is 161 Å². The number of carbonyl (C=O) groups is 2. The standard InChI is InChI=1S/C30H29N3O8/c1-3-10-33-29(37)38-20-12-21-26(34)25-23(14-22(39-28(25)36)19-5-4-11-32-16-19)41-30(21,2)24(13-20)40-27(35)18-8-6-17(15-31)7-9-18/h4-9,11,14,16,20-21,24,26,34H,3,10,12-13H2,1-2H3,(H,33,37)/t20-,21?,24-,26?,30-/m1/s1. The van der Waals surface area contributed by atoms with Crippen molar-refractivity contribution in [3.05, 3.63) is 82.0 Å². The Bertz CT molecular complexity index is 1530. The normalized spacial score (nSPS) is 24.5. The number of nitrogens with one attached hydrogen (secondary N) is 1. The van der Waals surface area contributed by atoms with Crippen molar-refractivity contribution in [1.29, 1.82) is 5.26 Å². The van der Waals surface area contributed by atoms with Crippen molar-refractivity contribution in [2.24, 2.45) is 5.92 Å². The molecule has 1 aromatic carbocycles. The second-order valence-electron chi connectivity index (χ2n) is 10.3. The van der Waals surface area contributed by atoms with Crippen molar-refractivity contribution < 1.29 is 33.3 Å². The lowest BCUT2D eigenvalue weighted by Crippen LogP contribution is -2.62. The summed E-state index contributed by atoms with van der Waals surface area (Å²) in [6.45, 7) is 4.03. The van der Waals surface area contributed by atoms with Gasteiger partial charge in [-0.2, -0.15) is 5.26 Å². The lowest BCUT2D eigenvalue weighted by atomic mass is 9.67. The second-order valence-corrected chi connectivity index (χ2v) is 10.3. The maximum Gasteiger partial charge on any atom is 0.407 e. The molecule has 41 heavy (non-hydrogen) atoms. The number of nitriles is 1. The van der Waals surface area contributed by atoms with Crippen LogP contribution < -0.4 is 15.7 Å². The number of aliphatic hydroxyl groups is 1. The first-order valence-electron chi connectivity index (χ1n) is 13.3. The monoisotopic (exact) mass is 559 g/mol. The van der Waals surface area contributed by atoms with E-state index in [9.17, 15) is 19.5 Å². The molecule has 1 aliphatic carbocycles. The van der Waals surface area contributed by atoms with Gasteiger partial charge in [-0.1, -0.05) is 6.92 Å². The van der Waals surface area contributed by atoms with Gasteiger partial charge in [0.05, 0.1) is 23.3 Å². The van der Waals surface area contributed by atoms with E-state index in [0.717, 1.165) is 0 Å². The van der Waals surface area contributed by atoms with Crippen LogP contribution in [0.15, 0.2) is 64.1 Å². The highest BCUT2D eigenvalue weighted by molar-refractivity contribution is 5.89. The van der Waals surface area contributed by atoms with Crippen LogP contribution in [0.4, 0.5) is 4.79 Å². The van der Waals surface area contributed by atoms with Crippen LogP contribution in [0.5, 0.6) is 5.75 Å². The minimum Gasteiger partial charge on any atom is -0.482 e. The maximum absolute atomic E-state index is 13.2. The molecule has 11 heteroatoms. The van der Waals surface area contributed by atoms with Crippen molar-refractivity contribution in [1.82, 2.24) is 10.3 Å². The summed E-state index contributed by atoms with van der Waals surface area (Å²) in [5.41, 5.74) is -0.995. The average Bonchev–Trinajstić information content (AvgIpc) is 2.97. The number of benzene rings is 1. The van der Waals surface area contributed by atoms with Gasteiger partial charge < -0.3 is 29.1 Å². The first kappa shape index (κ1) is 27.9. The van der Waals surface area contributed by atoms with E-state index >= 15 is 0 Å². The molecule has 5 atom stereocenters. The molecule has 0 bridgehead atoms. The second kappa shape index (κ2) is 11.4. The Labute approximate surface area is 235 Å². The Morgan fingerprint density at radius 3 is 2.68 bits per heavy atom. The first-order valence-corrected chi connectivity index (χ1v) is 13.3. The molecule has 2 aliphatic rings. The Balaban J connectivity index is 1.50. The molecule has 0 spiro atoms. The zero-order chi connectivity index (χ0) is 29.1. The van der Waals surface area contributed by atoms with Gasteiger partial charge in [-0.05, 0) is 56.2 Å². The Hall–Kier alpha value is -4.69. The molecule has 1 amide bonds. The molecule has 0 saturated heterocycles. The van der Waals surface area contributed by atoms with Crippen LogP contribution in [0.2, 0.25) is 0 Å². The smallest absolute Gasteiger partial charge is 0.407 e. The van der Waals surface area contributed by atoms with Gasteiger partial charge >= 0.3 is 17.7 Å². The van der Waals surface area contributed by atoms with Gasteiger partial charge in [0, 0.05) is 42.9 Å². The number of amides is 1. The average molecular weight is 560 g/mol. The molecular formula is C30H29N3O8. The third kappa shape index (κ3) is 5.51. The number of aromatic nitrogens is 1. The van der Waals surface area contributed by atoms with Crippen molar-refractivity contribution in [3.63, 3.8) is 0 Å². The summed E-state index contributed by atoms with van der Waals surface area (Å²) in [7, 11) is 0. The van der Waals surface area contributed by atoms with E-state index in [1.807, 2.05) is 13.0 Å². The minimum atomic E-state index is -1.36. The molecule has 1 fully saturated rings. The molecule has 11 nitrogen and oxygen atoms in total. The van der Waals surface area contributed by atoms with Gasteiger partial charge in [-0.3, -0.25) is 4.98 Å². The molecule has 1 saturated carbocycles. The van der Waals surface area contributed by atoms with Gasteiger partial charge in [-0.15, -0.1) is 0 Å². The largest absolute Gasteiger partial charge is 0.482 e. The first-order chi connectivity index (χ1) is 19.7. The van der Waals surface area contributed by atoms with E-state index in [1.54, 1.807) is 25.3 Å². The zero-order valence-electron chi connectivity index (χ0n) is 22.5. The maximum atomic E-state index is 13.2. The molecule has 1 aliphatic heterocycles. The lowest BCUT2D eigenvalue weighted by molar-refractivity contribution is -0.176. The summed E-state index contributed by atoms with van der Waals surface area (Å²) in [6, 6.07) is 12.9. The van der Waals surface area contributed by atoms with Crippen LogP contribution in [-0.2, 0) is 9.47 Å². The van der Waals surface area contributed by atoms with E-state index in [0.29, 0.717) is 24.1 Å². The van der Waals surface area contributed by atoms with E-state index in [-0.39, 0.29) is 35.5 Å². The quantitative estimate of drug-likeness (QED) is 0.424. The fourth-order valence-corrected chi connectivity index (χ4v) is 5.39. The van der Waals surface area contributed by atoms with Crippen molar-refractivity contribution in [2.75, 3.05) is 6.54 Å². The van der Waals surface area contributed by atoms with Gasteiger partial charge in [0.25, 0.3) is 0 Å². The molecule has 0 radical (unpaired) electrons. The molecular weight excluding hydrogens is 530 g/mol. The van der Waals surface area contributed by atoms with E-state index < -0.39 is 47.5 Å². The van der Waals surface area contributed by atoms with E-state index in [2.05, 4.69) is 10.3 Å². The highest BCUT2D eigenvalue weighted by Crippen LogP contribution is 2.51. The summed E-state index contributed by atoms with van der Waals surface area (Å²) in [6.07, 6.45) is 0.346. The van der Waals surface area contributed by atoms with E-state index in [1.165, 1.54) is 36.5 Å². The number of carbonyl (C=O) groups excluding carboxylic acids is 2. The molecule has 3 heterocycles. The fourth-order valence-electron chi connectivity index (χ4n) is 5.39. The highest BCUT2D eigenvalue weighted by atomic mass is 16.6. The van der Waals surface area contributed by atoms with Crippen LogP contribution in [0, 0.1) is 17.2 Å². The van der Waals surface area contributed by atoms with Crippen LogP contribution >= 0.6 is 0 Å². The number of aliphatic hydroxyl groups excluding tert-OH is 1. The van der Waals surface area contributed by atoms with Crippen LogP contribution in [-0.4, -0.2) is 46.5 Å². The fraction of sp³-hybridized carbons (Fsp3) is 0.367. The number of pyridine rings is 1. The molecule has 3 aromatic rings. The van der Waals surface area contributed by atoms with Crippen molar-refractivity contribution in [3.8, 4) is 23.1 Å². The molecule has 2 N–H and O–H groups in total. The number of ether oxygens (including phenoxy) is 3. The molecule has 212 valence electrons. The number of hydrogen-bond acceptors (Lipinski definition) is 10. The van der Waals surface area contributed by atoms with Crippen LogP contribution in [0.1, 0.15) is 60.7 Å². The van der Waals surface area contributed by atoms with Crippen molar-refractivity contribution in [2.45, 2.75) is 57.0 Å². The third-order valence-electron chi connectivity index (χ3n) is 7.56. The van der Waals surface area contributed by atoms with Crippen LogP contribution in [0.3, 0.4) is 0 Å². The number of alkyl carbamates (subject to hydrolysis) is 1. The molecule has 2 unspecified atom stereocenters. The SMILES string of the molecule is CCCNC(=O)O[C@@H]1CC2C(O)c3c(cc(-c4cccnc4)oc3=O)O[C@@]2(C)[C@H](OC(=O)c2ccc(C#N)cc2)C1. The number of esters is 1. The lowest BCUT2D eigenvalue weighted by Gasteiger charge is -2.52. The summed E-state index contributed by atoms with van der Waals surface area (Å²) >= 11 is 0. The zero-order valence-corrected chi connectivity index (χ0v) is 22.5. The number of fused-ring (bicyclic) bond motifs is 2. The van der Waals surface area contributed by atoms with Gasteiger partial charge in [0.2, 0.25) is 0 Å². The number of rotatable bonds is 6. The Morgan fingerprint density at radius 2 is 2.00 bits per heavy atom.